The third-order valence-electron chi connectivity index (χ3n) is 5.52. The van der Waals surface area contributed by atoms with Crippen molar-refractivity contribution >= 4 is 33.8 Å². The summed E-state index contributed by atoms with van der Waals surface area (Å²) in [7, 11) is 0. The summed E-state index contributed by atoms with van der Waals surface area (Å²) in [5.41, 5.74) is 2.67. The molecule has 0 saturated carbocycles. The third kappa shape index (κ3) is 3.94. The fraction of sp³-hybridized carbons (Fsp3) is 0.217. The number of rotatable bonds is 3. The molecule has 0 unspecified atom stereocenters. The molecule has 2 amide bonds. The van der Waals surface area contributed by atoms with Crippen LogP contribution in [0.4, 0.5) is 16.3 Å². The first-order valence-electron chi connectivity index (χ1n) is 10.4. The van der Waals surface area contributed by atoms with E-state index in [9.17, 15) is 9.59 Å². The molecule has 0 bridgehead atoms. The molecule has 32 heavy (non-hydrogen) atoms. The van der Waals surface area contributed by atoms with Gasteiger partial charge in [0.1, 0.15) is 10.8 Å². The summed E-state index contributed by atoms with van der Waals surface area (Å²) in [6, 6.07) is 18.8. The number of urea groups is 1. The van der Waals surface area contributed by atoms with Gasteiger partial charge in [0.2, 0.25) is 4.96 Å². The molecular formula is C23H22N6O2S. The van der Waals surface area contributed by atoms with Crippen LogP contribution in [-0.2, 0) is 0 Å². The van der Waals surface area contributed by atoms with Gasteiger partial charge in [0.05, 0.1) is 0 Å². The number of aryl methyl sites for hydroxylation is 1. The minimum absolute atomic E-state index is 0.121. The highest BCUT2D eigenvalue weighted by Gasteiger charge is 2.23. The van der Waals surface area contributed by atoms with Crippen molar-refractivity contribution in [3.8, 4) is 10.6 Å². The van der Waals surface area contributed by atoms with Crippen molar-refractivity contribution in [3.05, 3.63) is 76.6 Å². The number of carbonyl (C=O) groups excluding carboxylic acids is 1. The number of benzene rings is 2. The summed E-state index contributed by atoms with van der Waals surface area (Å²) in [6.45, 7) is 4.34. The zero-order chi connectivity index (χ0) is 22.1. The lowest BCUT2D eigenvalue weighted by Crippen LogP contribution is -2.50. The molecule has 0 spiro atoms. The molecule has 1 aliphatic rings. The first kappa shape index (κ1) is 20.2. The largest absolute Gasteiger partial charge is 0.353 e. The lowest BCUT2D eigenvalue weighted by Gasteiger charge is -2.35. The van der Waals surface area contributed by atoms with Crippen molar-refractivity contribution in [1.29, 1.82) is 0 Å². The smallest absolute Gasteiger partial charge is 0.321 e. The Morgan fingerprint density at radius 3 is 2.47 bits per heavy atom. The molecule has 3 heterocycles. The van der Waals surface area contributed by atoms with E-state index in [2.05, 4.69) is 10.4 Å². The van der Waals surface area contributed by atoms with Crippen molar-refractivity contribution in [2.75, 3.05) is 36.4 Å². The number of piperazine rings is 1. The molecule has 0 radical (unpaired) electrons. The van der Waals surface area contributed by atoms with Gasteiger partial charge in [0.25, 0.3) is 5.56 Å². The Morgan fingerprint density at radius 1 is 1.00 bits per heavy atom. The molecule has 1 aliphatic heterocycles. The minimum Gasteiger partial charge on any atom is -0.353 e. The Labute approximate surface area is 188 Å². The monoisotopic (exact) mass is 446 g/mol. The molecule has 9 heteroatoms. The number of anilines is 2. The number of fused-ring (bicyclic) bond motifs is 1. The summed E-state index contributed by atoms with van der Waals surface area (Å²) in [4.78, 5) is 34.3. The van der Waals surface area contributed by atoms with Crippen LogP contribution in [0.3, 0.4) is 0 Å². The second-order valence-corrected chi connectivity index (χ2v) is 8.60. The Balaban J connectivity index is 1.32. The van der Waals surface area contributed by atoms with Gasteiger partial charge in [0, 0.05) is 43.5 Å². The number of nitrogens with one attached hydrogen (secondary N) is 1. The topological polar surface area (TPSA) is 82.8 Å². The van der Waals surface area contributed by atoms with Gasteiger partial charge < -0.3 is 15.1 Å². The quantitative estimate of drug-likeness (QED) is 0.521. The molecule has 2 aromatic heterocycles. The van der Waals surface area contributed by atoms with Crippen LogP contribution in [0.25, 0.3) is 15.5 Å². The Morgan fingerprint density at radius 2 is 1.72 bits per heavy atom. The predicted molar refractivity (Wildman–Crippen MR) is 127 cm³/mol. The zero-order valence-corrected chi connectivity index (χ0v) is 18.4. The van der Waals surface area contributed by atoms with E-state index in [-0.39, 0.29) is 11.6 Å². The molecule has 0 aliphatic carbocycles. The molecule has 4 aromatic rings. The molecule has 162 valence electrons. The van der Waals surface area contributed by atoms with Crippen molar-refractivity contribution in [1.82, 2.24) is 19.5 Å². The molecule has 1 saturated heterocycles. The van der Waals surface area contributed by atoms with Gasteiger partial charge in [-0.15, -0.1) is 0 Å². The van der Waals surface area contributed by atoms with Crippen molar-refractivity contribution in [2.24, 2.45) is 0 Å². The average molecular weight is 447 g/mol. The van der Waals surface area contributed by atoms with Crippen molar-refractivity contribution in [3.63, 3.8) is 0 Å². The normalized spacial score (nSPS) is 14.0. The van der Waals surface area contributed by atoms with E-state index in [0.717, 1.165) is 21.8 Å². The fourth-order valence-electron chi connectivity index (χ4n) is 3.75. The Bertz CT molecular complexity index is 1330. The maximum absolute atomic E-state index is 12.7. The number of carbonyl (C=O) groups is 1. The summed E-state index contributed by atoms with van der Waals surface area (Å²) in [5.74, 6) is 0.623. The number of amides is 2. The van der Waals surface area contributed by atoms with Gasteiger partial charge >= 0.3 is 6.03 Å². The Hall–Kier alpha value is -3.72. The van der Waals surface area contributed by atoms with E-state index >= 15 is 0 Å². The summed E-state index contributed by atoms with van der Waals surface area (Å²) < 4.78 is 1.36. The molecule has 8 nitrogen and oxygen atoms in total. The van der Waals surface area contributed by atoms with Crippen LogP contribution >= 0.6 is 11.3 Å². The minimum atomic E-state index is -0.203. The third-order valence-corrected chi connectivity index (χ3v) is 6.46. The van der Waals surface area contributed by atoms with Crippen LogP contribution in [-0.4, -0.2) is 51.7 Å². The second-order valence-electron chi connectivity index (χ2n) is 7.64. The van der Waals surface area contributed by atoms with Crippen LogP contribution < -0.4 is 15.8 Å². The molecular weight excluding hydrogens is 424 g/mol. The maximum atomic E-state index is 12.7. The average Bonchev–Trinajstić information content (AvgIpc) is 3.25. The molecule has 5 rings (SSSR count). The van der Waals surface area contributed by atoms with Gasteiger partial charge in [-0.3, -0.25) is 4.79 Å². The van der Waals surface area contributed by atoms with Crippen LogP contribution in [0.15, 0.2) is 65.5 Å². The van der Waals surface area contributed by atoms with E-state index in [1.807, 2.05) is 66.4 Å². The SMILES string of the molecule is Cc1ccccc1-c1nn2c(=O)cc(N3CCN(C(=O)Nc4ccccc4)CC3)nc2s1. The molecule has 1 N–H and O–H groups in total. The summed E-state index contributed by atoms with van der Waals surface area (Å²) >= 11 is 1.40. The number of hydrogen-bond donors (Lipinski definition) is 1. The van der Waals surface area contributed by atoms with E-state index in [1.54, 1.807) is 4.90 Å². The summed E-state index contributed by atoms with van der Waals surface area (Å²) in [6.07, 6.45) is 0. The maximum Gasteiger partial charge on any atom is 0.321 e. The summed E-state index contributed by atoms with van der Waals surface area (Å²) in [5, 5.41) is 8.17. The standard InChI is InChI=1S/C23H22N6O2S/c1-16-7-5-6-10-18(16)21-26-29-20(30)15-19(25-23(29)32-21)27-11-13-28(14-12-27)22(31)24-17-8-3-2-4-9-17/h2-10,15H,11-14H2,1H3,(H,24,31). The van der Waals surface area contributed by atoms with E-state index in [0.29, 0.717) is 37.0 Å². The first-order chi connectivity index (χ1) is 15.6. The van der Waals surface area contributed by atoms with Crippen LogP contribution in [0.1, 0.15) is 5.56 Å². The van der Waals surface area contributed by atoms with Crippen molar-refractivity contribution in [2.45, 2.75) is 6.92 Å². The van der Waals surface area contributed by atoms with Gasteiger partial charge in [-0.2, -0.15) is 9.61 Å². The van der Waals surface area contributed by atoms with E-state index in [4.69, 9.17) is 4.98 Å². The number of nitrogens with zero attached hydrogens (tertiary/aromatic N) is 5. The van der Waals surface area contributed by atoms with Gasteiger partial charge in [-0.25, -0.2) is 9.78 Å². The highest BCUT2D eigenvalue weighted by Crippen LogP contribution is 2.27. The lowest BCUT2D eigenvalue weighted by atomic mass is 10.1. The Kier molecular flexibility index (Phi) is 5.32. The molecule has 1 fully saturated rings. The molecule has 2 aromatic carbocycles. The lowest BCUT2D eigenvalue weighted by molar-refractivity contribution is 0.208. The van der Waals surface area contributed by atoms with Gasteiger partial charge in [-0.05, 0) is 24.6 Å². The zero-order valence-electron chi connectivity index (χ0n) is 17.6. The van der Waals surface area contributed by atoms with Crippen molar-refractivity contribution < 1.29 is 4.79 Å². The van der Waals surface area contributed by atoms with Crippen LogP contribution in [0.5, 0.6) is 0 Å². The van der Waals surface area contributed by atoms with Crippen LogP contribution in [0, 0.1) is 6.92 Å². The fourth-order valence-corrected chi connectivity index (χ4v) is 4.74. The first-order valence-corrected chi connectivity index (χ1v) is 11.2. The van der Waals surface area contributed by atoms with Gasteiger partial charge in [0.15, 0.2) is 0 Å². The number of aromatic nitrogens is 3. The highest BCUT2D eigenvalue weighted by molar-refractivity contribution is 7.19. The van der Waals surface area contributed by atoms with E-state index < -0.39 is 0 Å². The number of hydrogen-bond acceptors (Lipinski definition) is 6. The number of para-hydroxylation sites is 1. The highest BCUT2D eigenvalue weighted by atomic mass is 32.1. The molecule has 0 atom stereocenters. The van der Waals surface area contributed by atoms with Crippen LogP contribution in [0.2, 0.25) is 0 Å². The van der Waals surface area contributed by atoms with Gasteiger partial charge in [-0.1, -0.05) is 53.8 Å². The second kappa shape index (κ2) is 8.43. The van der Waals surface area contributed by atoms with E-state index in [1.165, 1.54) is 21.9 Å². The predicted octanol–water partition coefficient (Wildman–Crippen LogP) is 3.48.